The second-order valence-corrected chi connectivity index (χ2v) is 14.9. The molecule has 0 N–H and O–H groups in total. The summed E-state index contributed by atoms with van der Waals surface area (Å²) in [7, 11) is 0. The molecule has 0 saturated carbocycles. The second-order valence-electron chi connectivity index (χ2n) is 13.8. The number of pyridine rings is 1. The molecule has 0 aliphatic heterocycles. The second kappa shape index (κ2) is 10.7. The first-order valence-corrected chi connectivity index (χ1v) is 18.4. The highest BCUT2D eigenvalue weighted by atomic mass is 32.1. The lowest BCUT2D eigenvalue weighted by Gasteiger charge is -2.30. The van der Waals surface area contributed by atoms with Crippen molar-refractivity contribution in [3.05, 3.63) is 198 Å². The Balaban J connectivity index is 1.26. The zero-order valence-corrected chi connectivity index (χ0v) is 28.8. The number of rotatable bonds is 3. The molecule has 0 fully saturated rings. The molecule has 0 bridgehead atoms. The molecule has 1 unspecified atom stereocenters. The molecular weight excluding hydrogens is 635 g/mol. The smallest absolute Gasteiger partial charge is 0.0801 e. The third kappa shape index (κ3) is 3.83. The number of aryl methyl sites for hydroxylation is 1. The van der Waals surface area contributed by atoms with Crippen LogP contribution in [0.2, 0.25) is 0 Å². The van der Waals surface area contributed by atoms with Gasteiger partial charge in [0.05, 0.1) is 16.0 Å². The van der Waals surface area contributed by atoms with Crippen LogP contribution in [0.1, 0.15) is 27.8 Å². The quantitative estimate of drug-likeness (QED) is 0.171. The monoisotopic (exact) mass is 665 g/mol. The van der Waals surface area contributed by atoms with Crippen molar-refractivity contribution in [2.45, 2.75) is 12.3 Å². The summed E-state index contributed by atoms with van der Waals surface area (Å²) in [6.45, 7) is 2.16. The SMILES string of the molecule is Cc1ccc(-c2c3ccccc3c(-c3cccc4c3-c3ccccc3C43c4ccccc4-c4sc(-c5ccccn5)cc43)c3ccccc23)cc1. The highest BCUT2D eigenvalue weighted by Gasteiger charge is 2.53. The third-order valence-electron chi connectivity index (χ3n) is 11.2. The fraction of sp³-hybridized carbons (Fsp3) is 0.0408. The van der Waals surface area contributed by atoms with E-state index in [2.05, 4.69) is 165 Å². The van der Waals surface area contributed by atoms with Crippen molar-refractivity contribution in [2.24, 2.45) is 0 Å². The molecule has 9 aromatic rings. The Hall–Kier alpha value is -6.09. The summed E-state index contributed by atoms with van der Waals surface area (Å²) in [5.41, 5.74) is 16.4. The largest absolute Gasteiger partial charge is 0.255 e. The molecule has 238 valence electrons. The normalized spacial score (nSPS) is 15.2. The van der Waals surface area contributed by atoms with Crippen molar-refractivity contribution >= 4 is 32.9 Å². The maximum absolute atomic E-state index is 4.78. The van der Waals surface area contributed by atoms with Gasteiger partial charge in [0.25, 0.3) is 0 Å². The summed E-state index contributed by atoms with van der Waals surface area (Å²) in [5.74, 6) is 0. The van der Waals surface area contributed by atoms with Gasteiger partial charge in [0.1, 0.15) is 0 Å². The first-order valence-electron chi connectivity index (χ1n) is 17.6. The van der Waals surface area contributed by atoms with Crippen molar-refractivity contribution in [3.63, 3.8) is 0 Å². The van der Waals surface area contributed by atoms with Crippen LogP contribution in [0, 0.1) is 6.92 Å². The summed E-state index contributed by atoms with van der Waals surface area (Å²) in [6.07, 6.45) is 1.90. The van der Waals surface area contributed by atoms with Crippen molar-refractivity contribution in [2.75, 3.05) is 0 Å². The number of hydrogen-bond donors (Lipinski definition) is 0. The van der Waals surface area contributed by atoms with Crippen LogP contribution in [0.25, 0.3) is 75.9 Å². The molecule has 0 saturated heterocycles. The summed E-state index contributed by atoms with van der Waals surface area (Å²) >= 11 is 1.87. The predicted molar refractivity (Wildman–Crippen MR) is 214 cm³/mol. The average Bonchev–Trinajstić information content (AvgIpc) is 3.84. The van der Waals surface area contributed by atoms with Gasteiger partial charge >= 0.3 is 0 Å². The van der Waals surface area contributed by atoms with Gasteiger partial charge < -0.3 is 0 Å². The van der Waals surface area contributed by atoms with Crippen LogP contribution in [-0.4, -0.2) is 4.98 Å². The molecule has 7 aromatic carbocycles. The van der Waals surface area contributed by atoms with Crippen LogP contribution in [0.4, 0.5) is 0 Å². The van der Waals surface area contributed by atoms with Gasteiger partial charge in [-0.15, -0.1) is 11.3 Å². The van der Waals surface area contributed by atoms with Crippen LogP contribution >= 0.6 is 11.3 Å². The molecular formula is C49H31NS. The Labute approximate surface area is 301 Å². The van der Waals surface area contributed by atoms with E-state index in [1.807, 2.05) is 23.6 Å². The molecule has 1 spiro atoms. The molecule has 2 aliphatic carbocycles. The van der Waals surface area contributed by atoms with Crippen LogP contribution in [0.15, 0.2) is 170 Å². The fourth-order valence-corrected chi connectivity index (χ4v) is 10.5. The average molecular weight is 666 g/mol. The molecule has 0 amide bonds. The predicted octanol–water partition coefficient (Wildman–Crippen LogP) is 13.1. The van der Waals surface area contributed by atoms with Gasteiger partial charge in [-0.25, -0.2) is 0 Å². The summed E-state index contributed by atoms with van der Waals surface area (Å²) in [6, 6.07) is 61.0. The molecule has 2 aliphatic rings. The third-order valence-corrected chi connectivity index (χ3v) is 12.4. The van der Waals surface area contributed by atoms with Gasteiger partial charge in [0.2, 0.25) is 0 Å². The van der Waals surface area contributed by atoms with Gasteiger partial charge in [-0.3, -0.25) is 4.98 Å². The minimum absolute atomic E-state index is 0.426. The Morgan fingerprint density at radius 3 is 1.71 bits per heavy atom. The van der Waals surface area contributed by atoms with E-state index in [4.69, 9.17) is 4.98 Å². The Morgan fingerprint density at radius 2 is 1.02 bits per heavy atom. The zero-order valence-electron chi connectivity index (χ0n) is 28.0. The number of thiophene rings is 1. The minimum atomic E-state index is -0.426. The number of benzene rings is 7. The van der Waals surface area contributed by atoms with E-state index < -0.39 is 5.41 Å². The summed E-state index contributed by atoms with van der Waals surface area (Å²) in [4.78, 5) is 7.33. The molecule has 11 rings (SSSR count). The van der Waals surface area contributed by atoms with Crippen molar-refractivity contribution < 1.29 is 0 Å². The Kier molecular flexibility index (Phi) is 6.03. The highest BCUT2D eigenvalue weighted by Crippen LogP contribution is 2.66. The van der Waals surface area contributed by atoms with Crippen molar-refractivity contribution in [1.82, 2.24) is 4.98 Å². The van der Waals surface area contributed by atoms with Gasteiger partial charge in [0, 0.05) is 11.1 Å². The number of hydrogen-bond acceptors (Lipinski definition) is 2. The van der Waals surface area contributed by atoms with Crippen molar-refractivity contribution in [3.8, 4) is 54.4 Å². The van der Waals surface area contributed by atoms with Crippen LogP contribution in [-0.2, 0) is 5.41 Å². The van der Waals surface area contributed by atoms with Crippen LogP contribution < -0.4 is 0 Å². The van der Waals surface area contributed by atoms with E-state index in [0.717, 1.165) is 5.69 Å². The van der Waals surface area contributed by atoms with Gasteiger partial charge in [0.15, 0.2) is 0 Å². The summed E-state index contributed by atoms with van der Waals surface area (Å²) < 4.78 is 0. The van der Waals surface area contributed by atoms with E-state index in [9.17, 15) is 0 Å². The lowest BCUT2D eigenvalue weighted by atomic mass is 9.70. The lowest BCUT2D eigenvalue weighted by molar-refractivity contribution is 0.796. The maximum atomic E-state index is 4.78. The van der Waals surface area contributed by atoms with E-state index in [1.54, 1.807) is 0 Å². The molecule has 1 atom stereocenters. The van der Waals surface area contributed by atoms with Crippen LogP contribution in [0.5, 0.6) is 0 Å². The maximum Gasteiger partial charge on any atom is 0.0801 e. The number of aromatic nitrogens is 1. The Morgan fingerprint density at radius 1 is 0.451 bits per heavy atom. The van der Waals surface area contributed by atoms with Gasteiger partial charge in [-0.2, -0.15) is 0 Å². The molecule has 2 aromatic heterocycles. The first-order chi connectivity index (χ1) is 25.2. The minimum Gasteiger partial charge on any atom is -0.255 e. The molecule has 51 heavy (non-hydrogen) atoms. The lowest BCUT2D eigenvalue weighted by Crippen LogP contribution is -2.25. The Bertz CT molecular complexity index is 2800. The standard InChI is InChI=1S/C49H31NS/c1-30-24-26-31(27-25-30)45-32-13-2-4-15-34(32)46(35-16-5-3-14-33(35)45)38-19-12-22-41-47(38)36-17-6-8-20-39(36)49(41)40-21-9-7-18-37(40)48-42(49)29-44(51-48)43-23-10-11-28-50-43/h2-29H,1H3. The molecule has 2 heterocycles. The van der Waals surface area contributed by atoms with Crippen LogP contribution in [0.3, 0.4) is 0 Å². The number of nitrogens with zero attached hydrogens (tertiary/aromatic N) is 1. The van der Waals surface area contributed by atoms with Crippen molar-refractivity contribution in [1.29, 1.82) is 0 Å². The fourth-order valence-electron chi connectivity index (χ4n) is 9.22. The molecule has 2 heteroatoms. The number of fused-ring (bicyclic) bond motifs is 12. The van der Waals surface area contributed by atoms with E-state index in [-0.39, 0.29) is 0 Å². The molecule has 1 nitrogen and oxygen atoms in total. The zero-order chi connectivity index (χ0) is 33.7. The van der Waals surface area contributed by atoms with E-state index in [1.165, 1.54) is 98.1 Å². The van der Waals surface area contributed by atoms with E-state index in [0.29, 0.717) is 0 Å². The highest BCUT2D eigenvalue weighted by molar-refractivity contribution is 7.19. The van der Waals surface area contributed by atoms with Gasteiger partial charge in [-0.1, -0.05) is 151 Å². The topological polar surface area (TPSA) is 12.9 Å². The molecule has 0 radical (unpaired) electrons. The van der Waals surface area contributed by atoms with Gasteiger partial charge in [-0.05, 0) is 108 Å². The van der Waals surface area contributed by atoms with E-state index >= 15 is 0 Å². The first kappa shape index (κ1) is 28.7. The summed E-state index contributed by atoms with van der Waals surface area (Å²) in [5, 5.41) is 5.11.